The average molecular weight is 440 g/mol. The molecule has 3 aromatic rings. The maximum absolute atomic E-state index is 12.8. The average Bonchev–Trinajstić information content (AvgIpc) is 3.06. The molecule has 31 heavy (non-hydrogen) atoms. The van der Waals surface area contributed by atoms with Crippen molar-refractivity contribution >= 4 is 39.1 Å². The number of aromatic nitrogens is 2. The summed E-state index contributed by atoms with van der Waals surface area (Å²) in [4.78, 5) is 29.0. The van der Waals surface area contributed by atoms with Crippen LogP contribution in [0, 0.1) is 13.8 Å². The van der Waals surface area contributed by atoms with Gasteiger partial charge in [-0.1, -0.05) is 19.9 Å². The molecule has 0 radical (unpaired) electrons. The van der Waals surface area contributed by atoms with E-state index in [4.69, 9.17) is 14.7 Å². The Morgan fingerprint density at radius 3 is 2.58 bits per heavy atom. The number of aryl methyl sites for hydroxylation is 2. The van der Waals surface area contributed by atoms with E-state index < -0.39 is 0 Å². The summed E-state index contributed by atoms with van der Waals surface area (Å²) >= 11 is 1.74. The molecule has 164 valence electrons. The van der Waals surface area contributed by atoms with Gasteiger partial charge in [0.1, 0.15) is 22.2 Å². The molecule has 1 saturated heterocycles. The predicted molar refractivity (Wildman–Crippen MR) is 127 cm³/mol. The van der Waals surface area contributed by atoms with Crippen molar-refractivity contribution in [1.29, 1.82) is 0 Å². The Bertz CT molecular complexity index is 1100. The zero-order chi connectivity index (χ0) is 22.1. The number of methoxy groups -OCH3 is 1. The van der Waals surface area contributed by atoms with Crippen LogP contribution in [0.3, 0.4) is 0 Å². The number of carbonyl (C=O) groups excluding carboxylic acids is 1. The van der Waals surface area contributed by atoms with Crippen LogP contribution in [0.2, 0.25) is 0 Å². The van der Waals surface area contributed by atoms with Crippen LogP contribution < -0.4 is 15.0 Å². The second-order valence-electron chi connectivity index (χ2n) is 8.16. The first-order valence-corrected chi connectivity index (χ1v) is 11.4. The van der Waals surface area contributed by atoms with Gasteiger partial charge in [0.25, 0.3) is 0 Å². The minimum absolute atomic E-state index is 0.0915. The van der Waals surface area contributed by atoms with Crippen molar-refractivity contribution in [3.05, 3.63) is 40.5 Å². The first-order chi connectivity index (χ1) is 14.9. The molecule has 4 rings (SSSR count). The lowest BCUT2D eigenvalue weighted by Crippen LogP contribution is -2.50. The minimum Gasteiger partial charge on any atom is -0.497 e. The van der Waals surface area contributed by atoms with Gasteiger partial charge in [0.2, 0.25) is 0 Å². The fourth-order valence-corrected chi connectivity index (χ4v) is 4.79. The Morgan fingerprint density at radius 1 is 1.16 bits per heavy atom. The predicted octanol–water partition coefficient (Wildman–Crippen LogP) is 4.79. The van der Waals surface area contributed by atoms with Gasteiger partial charge in [-0.25, -0.2) is 14.8 Å². The van der Waals surface area contributed by atoms with Gasteiger partial charge < -0.3 is 19.9 Å². The highest BCUT2D eigenvalue weighted by Gasteiger charge is 2.26. The lowest BCUT2D eigenvalue weighted by Gasteiger charge is -2.36. The molecule has 1 N–H and O–H groups in total. The SMILES string of the molecule is COc1cccc(NC(=O)N2CCN(c3nc(C(C)C)nc4sc(C)c(C)c34)CC2)c1. The number of amides is 2. The van der Waals surface area contributed by atoms with Crippen LogP contribution in [-0.4, -0.2) is 54.2 Å². The number of rotatable bonds is 4. The molecule has 7 nitrogen and oxygen atoms in total. The van der Waals surface area contributed by atoms with E-state index in [1.54, 1.807) is 18.4 Å². The van der Waals surface area contributed by atoms with Crippen LogP contribution >= 0.6 is 11.3 Å². The third-order valence-electron chi connectivity index (χ3n) is 5.73. The largest absolute Gasteiger partial charge is 0.497 e. The highest BCUT2D eigenvalue weighted by Crippen LogP contribution is 2.36. The summed E-state index contributed by atoms with van der Waals surface area (Å²) < 4.78 is 5.24. The number of nitrogens with zero attached hydrogens (tertiary/aromatic N) is 4. The molecule has 2 aromatic heterocycles. The molecule has 0 unspecified atom stereocenters. The van der Waals surface area contributed by atoms with E-state index in [0.29, 0.717) is 13.1 Å². The van der Waals surface area contributed by atoms with Gasteiger partial charge in [-0.05, 0) is 31.5 Å². The molecule has 1 fully saturated rings. The van der Waals surface area contributed by atoms with Gasteiger partial charge in [0.05, 0.1) is 12.5 Å². The second-order valence-corrected chi connectivity index (χ2v) is 9.36. The molecule has 1 aromatic carbocycles. The fraction of sp³-hybridized carbons (Fsp3) is 0.435. The van der Waals surface area contributed by atoms with Crippen LogP contribution in [0.4, 0.5) is 16.3 Å². The summed E-state index contributed by atoms with van der Waals surface area (Å²) in [6.07, 6.45) is 0. The van der Waals surface area contributed by atoms with Crippen LogP contribution in [0.5, 0.6) is 5.75 Å². The topological polar surface area (TPSA) is 70.6 Å². The van der Waals surface area contributed by atoms with Crippen molar-refractivity contribution in [1.82, 2.24) is 14.9 Å². The summed E-state index contributed by atoms with van der Waals surface area (Å²) in [5, 5.41) is 4.13. The van der Waals surface area contributed by atoms with Gasteiger partial charge in [-0.2, -0.15) is 0 Å². The van der Waals surface area contributed by atoms with Gasteiger partial charge in [0, 0.05) is 48.7 Å². The van der Waals surface area contributed by atoms with E-state index in [2.05, 4.69) is 37.9 Å². The van der Waals surface area contributed by atoms with E-state index >= 15 is 0 Å². The molecular formula is C23H29N5O2S. The lowest BCUT2D eigenvalue weighted by molar-refractivity contribution is 0.208. The molecule has 8 heteroatoms. The highest BCUT2D eigenvalue weighted by atomic mass is 32.1. The number of anilines is 2. The molecular weight excluding hydrogens is 410 g/mol. The summed E-state index contributed by atoms with van der Waals surface area (Å²) in [5.41, 5.74) is 1.98. The van der Waals surface area contributed by atoms with Crippen LogP contribution in [0.15, 0.2) is 24.3 Å². The zero-order valence-electron chi connectivity index (χ0n) is 18.7. The molecule has 3 heterocycles. The summed E-state index contributed by atoms with van der Waals surface area (Å²) in [7, 11) is 1.62. The van der Waals surface area contributed by atoms with E-state index in [-0.39, 0.29) is 11.9 Å². The first-order valence-electron chi connectivity index (χ1n) is 10.6. The third-order valence-corrected chi connectivity index (χ3v) is 6.83. The Hall–Kier alpha value is -2.87. The van der Waals surface area contributed by atoms with Gasteiger partial charge in [0.15, 0.2) is 0 Å². The number of fused-ring (bicyclic) bond motifs is 1. The minimum atomic E-state index is -0.0915. The van der Waals surface area contributed by atoms with Crippen molar-refractivity contribution in [2.24, 2.45) is 0 Å². The standard InChI is InChI=1S/C23H29N5O2S/c1-14(2)20-25-21(19-15(3)16(4)31-22(19)26-20)27-9-11-28(12-10-27)23(29)24-17-7-6-8-18(13-17)30-5/h6-8,13-14H,9-12H2,1-5H3,(H,24,29). The van der Waals surface area contributed by atoms with Crippen molar-refractivity contribution in [2.45, 2.75) is 33.6 Å². The molecule has 0 saturated carbocycles. The van der Waals surface area contributed by atoms with E-state index in [1.807, 2.05) is 29.2 Å². The number of hydrogen-bond acceptors (Lipinski definition) is 6. The highest BCUT2D eigenvalue weighted by molar-refractivity contribution is 7.18. The smallest absolute Gasteiger partial charge is 0.321 e. The summed E-state index contributed by atoms with van der Waals surface area (Å²) in [6.45, 7) is 11.3. The number of ether oxygens (including phenoxy) is 1. The van der Waals surface area contributed by atoms with Crippen molar-refractivity contribution in [2.75, 3.05) is 43.5 Å². The maximum Gasteiger partial charge on any atom is 0.321 e. The quantitative estimate of drug-likeness (QED) is 0.633. The molecule has 0 aliphatic carbocycles. The van der Waals surface area contributed by atoms with Gasteiger partial charge >= 0.3 is 6.03 Å². The number of benzene rings is 1. The maximum atomic E-state index is 12.8. The Morgan fingerprint density at radius 2 is 1.90 bits per heavy atom. The Kier molecular flexibility index (Phi) is 6.00. The number of nitrogens with one attached hydrogen (secondary N) is 1. The zero-order valence-corrected chi connectivity index (χ0v) is 19.5. The van der Waals surface area contributed by atoms with Crippen LogP contribution in [0.1, 0.15) is 36.0 Å². The molecule has 0 bridgehead atoms. The van der Waals surface area contributed by atoms with Crippen molar-refractivity contribution in [3.8, 4) is 5.75 Å². The summed E-state index contributed by atoms with van der Waals surface area (Å²) in [6, 6.07) is 7.32. The fourth-order valence-electron chi connectivity index (χ4n) is 3.76. The lowest BCUT2D eigenvalue weighted by atomic mass is 10.1. The Labute approximate surface area is 187 Å². The van der Waals surface area contributed by atoms with Crippen LogP contribution in [-0.2, 0) is 0 Å². The summed E-state index contributed by atoms with van der Waals surface area (Å²) in [5.74, 6) is 2.86. The normalized spacial score (nSPS) is 14.4. The molecule has 1 aliphatic heterocycles. The van der Waals surface area contributed by atoms with Gasteiger partial charge in [-0.3, -0.25) is 0 Å². The molecule has 1 aliphatic rings. The van der Waals surface area contributed by atoms with Crippen LogP contribution in [0.25, 0.3) is 10.2 Å². The van der Waals surface area contributed by atoms with Crippen molar-refractivity contribution < 1.29 is 9.53 Å². The number of urea groups is 1. The van der Waals surface area contributed by atoms with Crippen molar-refractivity contribution in [3.63, 3.8) is 0 Å². The molecule has 0 spiro atoms. The number of thiophene rings is 1. The van der Waals surface area contributed by atoms with E-state index in [9.17, 15) is 4.79 Å². The molecule has 2 amide bonds. The molecule has 0 atom stereocenters. The van der Waals surface area contributed by atoms with E-state index in [0.717, 1.165) is 46.4 Å². The Balaban J connectivity index is 1.51. The van der Waals surface area contributed by atoms with E-state index in [1.165, 1.54) is 10.4 Å². The second kappa shape index (κ2) is 8.70. The third kappa shape index (κ3) is 4.30. The number of piperazine rings is 1. The van der Waals surface area contributed by atoms with Gasteiger partial charge in [-0.15, -0.1) is 11.3 Å². The number of carbonyl (C=O) groups is 1. The monoisotopic (exact) mass is 439 g/mol. The first kappa shape index (κ1) is 21.4. The number of hydrogen-bond donors (Lipinski definition) is 1.